The van der Waals surface area contributed by atoms with Gasteiger partial charge < -0.3 is 4.90 Å². The summed E-state index contributed by atoms with van der Waals surface area (Å²) in [6.45, 7) is 2.66. The lowest BCUT2D eigenvalue weighted by Gasteiger charge is -2.15. The molecule has 0 radical (unpaired) electrons. The van der Waals surface area contributed by atoms with Gasteiger partial charge in [-0.25, -0.2) is 0 Å². The lowest BCUT2D eigenvalue weighted by Crippen LogP contribution is -2.31. The lowest BCUT2D eigenvalue weighted by molar-refractivity contribution is 0.0783. The maximum atomic E-state index is 11.7. The first-order valence-electron chi connectivity index (χ1n) is 3.90. The zero-order chi connectivity index (χ0) is 10.6. The van der Waals surface area contributed by atoms with Crippen LogP contribution >= 0.6 is 22.9 Å². The summed E-state index contributed by atoms with van der Waals surface area (Å²) in [5.74, 6) is 2.18. The van der Waals surface area contributed by atoms with E-state index >= 15 is 0 Å². The minimum Gasteiger partial charge on any atom is -0.326 e. The molecule has 0 unspecified atom stereocenters. The number of hydrogen-bond donors (Lipinski definition) is 0. The Morgan fingerprint density at radius 1 is 1.71 bits per heavy atom. The number of halogens is 1. The summed E-state index contributed by atoms with van der Waals surface area (Å²) < 4.78 is 0.255. The van der Waals surface area contributed by atoms with E-state index in [9.17, 15) is 4.79 Å². The van der Waals surface area contributed by atoms with Crippen molar-refractivity contribution in [3.8, 4) is 12.3 Å². The van der Waals surface area contributed by atoms with E-state index < -0.39 is 0 Å². The Bertz CT molecular complexity index is 371. The fourth-order valence-electron chi connectivity index (χ4n) is 0.864. The van der Waals surface area contributed by atoms with Gasteiger partial charge in [0.2, 0.25) is 9.47 Å². The van der Waals surface area contributed by atoms with Crippen LogP contribution in [0.4, 0.5) is 0 Å². The van der Waals surface area contributed by atoms with Crippen molar-refractivity contribution in [2.75, 3.05) is 13.1 Å². The molecule has 0 N–H and O–H groups in total. The van der Waals surface area contributed by atoms with Crippen molar-refractivity contribution in [2.45, 2.75) is 6.92 Å². The maximum Gasteiger partial charge on any atom is 0.285 e. The van der Waals surface area contributed by atoms with Gasteiger partial charge in [-0.05, 0) is 18.5 Å². The molecule has 1 amide bonds. The predicted molar refractivity (Wildman–Crippen MR) is 55.3 cm³/mol. The van der Waals surface area contributed by atoms with Gasteiger partial charge in [-0.2, -0.15) is 0 Å². The van der Waals surface area contributed by atoms with Crippen molar-refractivity contribution in [3.63, 3.8) is 0 Å². The van der Waals surface area contributed by atoms with Gasteiger partial charge in [0.15, 0.2) is 0 Å². The highest BCUT2D eigenvalue weighted by Crippen LogP contribution is 2.16. The van der Waals surface area contributed by atoms with E-state index in [1.807, 2.05) is 6.92 Å². The van der Waals surface area contributed by atoms with Gasteiger partial charge in [0.1, 0.15) is 0 Å². The molecule has 14 heavy (non-hydrogen) atoms. The third kappa shape index (κ3) is 2.44. The molecule has 0 atom stereocenters. The Balaban J connectivity index is 2.78. The Hall–Kier alpha value is -1.12. The number of aromatic nitrogens is 2. The molecule has 1 rings (SSSR count). The van der Waals surface area contributed by atoms with E-state index in [-0.39, 0.29) is 21.9 Å². The first-order valence-corrected chi connectivity index (χ1v) is 5.10. The minimum atomic E-state index is -0.227. The maximum absolute atomic E-state index is 11.7. The Kier molecular flexibility index (Phi) is 3.86. The van der Waals surface area contributed by atoms with Gasteiger partial charge in [-0.1, -0.05) is 17.3 Å². The van der Waals surface area contributed by atoms with Crippen molar-refractivity contribution >= 4 is 28.8 Å². The largest absolute Gasteiger partial charge is 0.326 e. The Morgan fingerprint density at radius 3 is 2.86 bits per heavy atom. The van der Waals surface area contributed by atoms with E-state index in [2.05, 4.69) is 16.1 Å². The highest BCUT2D eigenvalue weighted by Gasteiger charge is 2.17. The summed E-state index contributed by atoms with van der Waals surface area (Å²) in [4.78, 5) is 13.2. The third-order valence-corrected chi connectivity index (χ3v) is 2.54. The zero-order valence-corrected chi connectivity index (χ0v) is 9.10. The molecule has 0 saturated heterocycles. The van der Waals surface area contributed by atoms with Crippen LogP contribution in [0.2, 0.25) is 4.47 Å². The van der Waals surface area contributed by atoms with Crippen LogP contribution in [0.3, 0.4) is 0 Å². The van der Waals surface area contributed by atoms with Crippen molar-refractivity contribution < 1.29 is 4.79 Å². The molecule has 0 bridgehead atoms. The Morgan fingerprint density at radius 2 is 2.43 bits per heavy atom. The summed E-state index contributed by atoms with van der Waals surface area (Å²) >= 11 is 6.61. The van der Waals surface area contributed by atoms with Crippen LogP contribution in [0.1, 0.15) is 16.7 Å². The van der Waals surface area contributed by atoms with Gasteiger partial charge in [0.05, 0.1) is 6.54 Å². The van der Waals surface area contributed by atoms with Crippen LogP contribution in [-0.2, 0) is 0 Å². The topological polar surface area (TPSA) is 46.1 Å². The smallest absolute Gasteiger partial charge is 0.285 e. The fraction of sp³-hybridized carbons (Fsp3) is 0.375. The molecule has 0 aliphatic heterocycles. The molecule has 1 aromatic heterocycles. The normalized spacial score (nSPS) is 9.50. The second-order valence-corrected chi connectivity index (χ2v) is 3.94. The van der Waals surface area contributed by atoms with Gasteiger partial charge in [-0.15, -0.1) is 16.6 Å². The summed E-state index contributed by atoms with van der Waals surface area (Å²) in [5.41, 5.74) is 0. The number of carbonyl (C=O) groups excluding carboxylic acids is 1. The molecule has 0 spiro atoms. The highest BCUT2D eigenvalue weighted by molar-refractivity contribution is 7.17. The molecule has 4 nitrogen and oxygen atoms in total. The van der Waals surface area contributed by atoms with Crippen molar-refractivity contribution in [1.82, 2.24) is 15.1 Å². The zero-order valence-electron chi connectivity index (χ0n) is 7.53. The summed E-state index contributed by atoms with van der Waals surface area (Å²) in [7, 11) is 0. The fourth-order valence-corrected chi connectivity index (χ4v) is 1.66. The van der Waals surface area contributed by atoms with Crippen LogP contribution in [-0.4, -0.2) is 34.1 Å². The second kappa shape index (κ2) is 4.94. The molecular formula is C8H8ClN3OS. The number of terminal acetylenes is 1. The first kappa shape index (κ1) is 11.0. The van der Waals surface area contributed by atoms with Crippen LogP contribution < -0.4 is 0 Å². The lowest BCUT2D eigenvalue weighted by atomic mass is 10.4. The Labute approximate surface area is 90.9 Å². The molecule has 1 heterocycles. The SMILES string of the molecule is C#CCN(CC)C(=O)c1nnc(Cl)s1. The molecule has 0 aromatic carbocycles. The van der Waals surface area contributed by atoms with E-state index in [1.54, 1.807) is 0 Å². The van der Waals surface area contributed by atoms with Gasteiger partial charge >= 0.3 is 0 Å². The summed E-state index contributed by atoms with van der Waals surface area (Å²) in [6, 6.07) is 0. The van der Waals surface area contributed by atoms with Crippen LogP contribution in [0.15, 0.2) is 0 Å². The third-order valence-electron chi connectivity index (χ3n) is 1.53. The van der Waals surface area contributed by atoms with Crippen LogP contribution in [0.5, 0.6) is 0 Å². The average Bonchev–Trinajstić information content (AvgIpc) is 2.60. The summed E-state index contributed by atoms with van der Waals surface area (Å²) in [5, 5.41) is 7.46. The van der Waals surface area contributed by atoms with Gasteiger partial charge in [-0.3, -0.25) is 4.79 Å². The molecule has 0 fully saturated rings. The van der Waals surface area contributed by atoms with E-state index in [0.29, 0.717) is 6.54 Å². The molecular weight excluding hydrogens is 222 g/mol. The number of carbonyl (C=O) groups is 1. The van der Waals surface area contributed by atoms with E-state index in [1.165, 1.54) is 4.90 Å². The van der Waals surface area contributed by atoms with Gasteiger partial charge in [0, 0.05) is 6.54 Å². The van der Waals surface area contributed by atoms with Gasteiger partial charge in [0.25, 0.3) is 5.91 Å². The quantitative estimate of drug-likeness (QED) is 0.734. The molecule has 1 aromatic rings. The van der Waals surface area contributed by atoms with Crippen molar-refractivity contribution in [3.05, 3.63) is 9.47 Å². The standard InChI is InChI=1S/C8H8ClN3OS/c1-3-5-12(4-2)7(13)6-10-11-8(9)14-6/h1H,4-5H2,2H3. The second-order valence-electron chi connectivity index (χ2n) is 2.38. The highest BCUT2D eigenvalue weighted by atomic mass is 35.5. The van der Waals surface area contributed by atoms with E-state index in [4.69, 9.17) is 18.0 Å². The monoisotopic (exact) mass is 229 g/mol. The molecule has 74 valence electrons. The molecule has 0 aliphatic rings. The number of rotatable bonds is 3. The number of amides is 1. The van der Waals surface area contributed by atoms with Crippen LogP contribution in [0, 0.1) is 12.3 Å². The molecule has 6 heteroatoms. The minimum absolute atomic E-state index is 0.227. The molecule has 0 aliphatic carbocycles. The number of hydrogen-bond acceptors (Lipinski definition) is 4. The predicted octanol–water partition coefficient (Wildman–Crippen LogP) is 1.29. The van der Waals surface area contributed by atoms with Crippen molar-refractivity contribution in [2.24, 2.45) is 0 Å². The van der Waals surface area contributed by atoms with Crippen LogP contribution in [0.25, 0.3) is 0 Å². The number of nitrogens with zero attached hydrogens (tertiary/aromatic N) is 3. The van der Waals surface area contributed by atoms with Crippen molar-refractivity contribution in [1.29, 1.82) is 0 Å². The molecule has 0 saturated carbocycles. The first-order chi connectivity index (χ1) is 6.69. The average molecular weight is 230 g/mol. The van der Waals surface area contributed by atoms with E-state index in [0.717, 1.165) is 11.3 Å². The summed E-state index contributed by atoms with van der Waals surface area (Å²) in [6.07, 6.45) is 5.12.